The van der Waals surface area contributed by atoms with E-state index in [-0.39, 0.29) is 5.69 Å². The van der Waals surface area contributed by atoms with Crippen LogP contribution >= 0.6 is 0 Å². The minimum Gasteiger partial charge on any atom is -0.477 e. The summed E-state index contributed by atoms with van der Waals surface area (Å²) in [6.07, 6.45) is 1.37. The van der Waals surface area contributed by atoms with Crippen molar-refractivity contribution in [2.75, 3.05) is 5.32 Å². The lowest BCUT2D eigenvalue weighted by atomic mass is 10.1. The van der Waals surface area contributed by atoms with Gasteiger partial charge in [-0.1, -0.05) is 30.3 Å². The molecule has 0 unspecified atom stereocenters. The molecule has 21 heavy (non-hydrogen) atoms. The van der Waals surface area contributed by atoms with Gasteiger partial charge in [-0.05, 0) is 22.9 Å². The van der Waals surface area contributed by atoms with Gasteiger partial charge in [0.1, 0.15) is 11.5 Å². The Hall–Kier alpha value is -2.82. The molecule has 0 amide bonds. The van der Waals surface area contributed by atoms with E-state index in [1.807, 2.05) is 18.2 Å². The Morgan fingerprint density at radius 1 is 1.24 bits per heavy atom. The summed E-state index contributed by atoms with van der Waals surface area (Å²) in [7, 11) is 1.70. The molecule has 0 aliphatic heterocycles. The number of anilines is 1. The van der Waals surface area contributed by atoms with Crippen molar-refractivity contribution < 1.29 is 9.90 Å². The molecule has 0 atom stereocenters. The molecule has 5 heteroatoms. The summed E-state index contributed by atoms with van der Waals surface area (Å²) in [4.78, 5) is 15.1. The molecule has 2 N–H and O–H groups in total. The minimum absolute atomic E-state index is 0.185. The number of imidazole rings is 1. The first kappa shape index (κ1) is 13.2. The van der Waals surface area contributed by atoms with Crippen molar-refractivity contribution in [3.8, 4) is 0 Å². The van der Waals surface area contributed by atoms with Crippen molar-refractivity contribution in [2.45, 2.75) is 6.54 Å². The lowest BCUT2D eigenvalue weighted by Crippen LogP contribution is -2.10. The molecule has 1 aromatic heterocycles. The zero-order valence-corrected chi connectivity index (χ0v) is 11.6. The summed E-state index contributed by atoms with van der Waals surface area (Å²) in [6.45, 7) is 0.474. The summed E-state index contributed by atoms with van der Waals surface area (Å²) in [5, 5.41) is 14.6. The molecule has 3 aromatic rings. The van der Waals surface area contributed by atoms with Crippen LogP contribution in [0.15, 0.2) is 48.7 Å². The van der Waals surface area contributed by atoms with Crippen LogP contribution in [0.5, 0.6) is 0 Å². The highest BCUT2D eigenvalue weighted by molar-refractivity contribution is 5.86. The van der Waals surface area contributed by atoms with E-state index in [0.717, 1.165) is 11.1 Å². The van der Waals surface area contributed by atoms with Crippen LogP contribution in [0.3, 0.4) is 0 Å². The number of rotatable bonds is 4. The van der Waals surface area contributed by atoms with Gasteiger partial charge in [0, 0.05) is 12.7 Å². The van der Waals surface area contributed by atoms with Crippen LogP contribution in [0, 0.1) is 0 Å². The monoisotopic (exact) mass is 281 g/mol. The van der Waals surface area contributed by atoms with E-state index < -0.39 is 5.97 Å². The number of nitrogens with one attached hydrogen (secondary N) is 1. The first-order chi connectivity index (χ1) is 10.1. The van der Waals surface area contributed by atoms with Crippen LogP contribution in [-0.4, -0.2) is 20.6 Å². The maximum absolute atomic E-state index is 11.0. The molecule has 3 rings (SSSR count). The summed E-state index contributed by atoms with van der Waals surface area (Å²) in [5.41, 5.74) is 1.17. The molecule has 0 fully saturated rings. The number of carbonyl (C=O) groups is 1. The van der Waals surface area contributed by atoms with E-state index in [1.54, 1.807) is 11.6 Å². The van der Waals surface area contributed by atoms with E-state index >= 15 is 0 Å². The third kappa shape index (κ3) is 2.58. The lowest BCUT2D eigenvalue weighted by molar-refractivity contribution is 0.0686. The molecular weight excluding hydrogens is 266 g/mol. The SMILES string of the molecule is Cn1c(C(=O)O)cnc1CNc1ccc2ccccc2c1. The molecule has 106 valence electrons. The molecule has 0 spiro atoms. The number of carboxylic acid groups (broad SMARTS) is 1. The molecule has 0 saturated heterocycles. The quantitative estimate of drug-likeness (QED) is 0.771. The van der Waals surface area contributed by atoms with Gasteiger partial charge in [-0.2, -0.15) is 0 Å². The van der Waals surface area contributed by atoms with Gasteiger partial charge in [0.2, 0.25) is 0 Å². The highest BCUT2D eigenvalue weighted by atomic mass is 16.4. The lowest BCUT2D eigenvalue weighted by Gasteiger charge is -2.08. The number of benzene rings is 2. The van der Waals surface area contributed by atoms with E-state index in [0.29, 0.717) is 12.4 Å². The Morgan fingerprint density at radius 2 is 2.00 bits per heavy atom. The minimum atomic E-state index is -0.970. The standard InChI is InChI=1S/C16H15N3O2/c1-19-14(16(20)21)9-18-15(19)10-17-13-7-6-11-4-2-3-5-12(11)8-13/h2-9,17H,10H2,1H3,(H,20,21). The summed E-state index contributed by atoms with van der Waals surface area (Å²) < 4.78 is 1.58. The van der Waals surface area contributed by atoms with Crippen LogP contribution in [0.4, 0.5) is 5.69 Å². The topological polar surface area (TPSA) is 67.2 Å². The molecule has 5 nitrogen and oxygen atoms in total. The van der Waals surface area contributed by atoms with Crippen LogP contribution in [0.25, 0.3) is 10.8 Å². The van der Waals surface area contributed by atoms with Crippen molar-refractivity contribution in [2.24, 2.45) is 7.05 Å². The van der Waals surface area contributed by atoms with Crippen molar-refractivity contribution in [3.05, 3.63) is 60.2 Å². The zero-order valence-electron chi connectivity index (χ0n) is 11.6. The number of fused-ring (bicyclic) bond motifs is 1. The van der Waals surface area contributed by atoms with Gasteiger partial charge in [-0.25, -0.2) is 9.78 Å². The molecule has 0 bridgehead atoms. The van der Waals surface area contributed by atoms with E-state index in [1.165, 1.54) is 11.6 Å². The Kier molecular flexibility index (Phi) is 3.31. The van der Waals surface area contributed by atoms with Gasteiger partial charge >= 0.3 is 5.97 Å². The van der Waals surface area contributed by atoms with Crippen LogP contribution in [-0.2, 0) is 13.6 Å². The molecule has 1 heterocycles. The van der Waals surface area contributed by atoms with Gasteiger partial charge in [0.25, 0.3) is 0 Å². The molecule has 0 aliphatic carbocycles. The van der Waals surface area contributed by atoms with E-state index in [9.17, 15) is 4.79 Å². The highest BCUT2D eigenvalue weighted by Crippen LogP contribution is 2.19. The van der Waals surface area contributed by atoms with Crippen LogP contribution < -0.4 is 5.32 Å². The molecule has 0 saturated carbocycles. The predicted octanol–water partition coefficient (Wildman–Crippen LogP) is 2.88. The Labute approximate surface area is 121 Å². The fourth-order valence-corrected chi connectivity index (χ4v) is 2.29. The van der Waals surface area contributed by atoms with Gasteiger partial charge in [0.15, 0.2) is 0 Å². The average molecular weight is 281 g/mol. The first-order valence-corrected chi connectivity index (χ1v) is 6.62. The summed E-state index contributed by atoms with van der Waals surface area (Å²) in [5.74, 6) is -0.289. The number of hydrogen-bond donors (Lipinski definition) is 2. The average Bonchev–Trinajstić information content (AvgIpc) is 2.86. The third-order valence-electron chi connectivity index (χ3n) is 3.50. The van der Waals surface area contributed by atoms with Crippen molar-refractivity contribution in [3.63, 3.8) is 0 Å². The van der Waals surface area contributed by atoms with Crippen LogP contribution in [0.1, 0.15) is 16.3 Å². The highest BCUT2D eigenvalue weighted by Gasteiger charge is 2.11. The molecular formula is C16H15N3O2. The van der Waals surface area contributed by atoms with Crippen molar-refractivity contribution in [1.29, 1.82) is 0 Å². The van der Waals surface area contributed by atoms with Gasteiger partial charge in [0.05, 0.1) is 12.7 Å². The Balaban J connectivity index is 1.78. The fourth-order valence-electron chi connectivity index (χ4n) is 2.29. The van der Waals surface area contributed by atoms with E-state index in [4.69, 9.17) is 5.11 Å². The van der Waals surface area contributed by atoms with Crippen molar-refractivity contribution >= 4 is 22.4 Å². The zero-order chi connectivity index (χ0) is 14.8. The number of nitrogens with zero attached hydrogens (tertiary/aromatic N) is 2. The summed E-state index contributed by atoms with van der Waals surface area (Å²) >= 11 is 0. The number of aromatic carboxylic acids is 1. The van der Waals surface area contributed by atoms with E-state index in [2.05, 4.69) is 34.6 Å². The number of carboxylic acids is 1. The molecule has 0 radical (unpaired) electrons. The number of hydrogen-bond acceptors (Lipinski definition) is 3. The maximum atomic E-state index is 11.0. The van der Waals surface area contributed by atoms with Gasteiger partial charge in [-0.3, -0.25) is 0 Å². The maximum Gasteiger partial charge on any atom is 0.354 e. The second-order valence-corrected chi connectivity index (χ2v) is 4.84. The largest absolute Gasteiger partial charge is 0.477 e. The van der Waals surface area contributed by atoms with Crippen LogP contribution in [0.2, 0.25) is 0 Å². The third-order valence-corrected chi connectivity index (χ3v) is 3.50. The van der Waals surface area contributed by atoms with Crippen molar-refractivity contribution in [1.82, 2.24) is 9.55 Å². The predicted molar refractivity (Wildman–Crippen MR) is 81.4 cm³/mol. The smallest absolute Gasteiger partial charge is 0.354 e. The molecule has 0 aliphatic rings. The Morgan fingerprint density at radius 3 is 2.71 bits per heavy atom. The number of aromatic nitrogens is 2. The normalized spacial score (nSPS) is 10.7. The molecule has 2 aromatic carbocycles. The Bertz CT molecular complexity index is 808. The second kappa shape index (κ2) is 5.28. The summed E-state index contributed by atoms with van der Waals surface area (Å²) in [6, 6.07) is 14.3. The fraction of sp³-hybridized carbons (Fsp3) is 0.125. The first-order valence-electron chi connectivity index (χ1n) is 6.62. The van der Waals surface area contributed by atoms with Gasteiger partial charge < -0.3 is 15.0 Å². The van der Waals surface area contributed by atoms with Gasteiger partial charge in [-0.15, -0.1) is 0 Å². The second-order valence-electron chi connectivity index (χ2n) is 4.84.